The molecule has 0 aromatic heterocycles. The number of rotatable bonds is 6. The predicted octanol–water partition coefficient (Wildman–Crippen LogP) is 3.74. The van der Waals surface area contributed by atoms with Crippen molar-refractivity contribution < 1.29 is 13.6 Å². The highest BCUT2D eigenvalue weighted by Crippen LogP contribution is 2.54. The molecule has 0 aromatic rings. The predicted molar refractivity (Wildman–Crippen MR) is 55.1 cm³/mol. The highest BCUT2D eigenvalue weighted by molar-refractivity contribution is 7.81. The molecule has 3 nitrogen and oxygen atoms in total. The van der Waals surface area contributed by atoms with Crippen LogP contribution in [0, 0.1) is 0 Å². The molecule has 0 aliphatic rings. The van der Waals surface area contributed by atoms with Crippen LogP contribution in [0.1, 0.15) is 27.2 Å². The van der Waals surface area contributed by atoms with Crippen LogP contribution < -0.4 is 0 Å². The maximum absolute atomic E-state index is 11.3. The van der Waals surface area contributed by atoms with Gasteiger partial charge in [-0.15, -0.1) is 6.58 Å². The topological polar surface area (TPSA) is 35.5 Å². The Labute approximate surface area is 84.4 Å². The van der Waals surface area contributed by atoms with Crippen LogP contribution in [-0.2, 0) is 13.6 Å². The van der Waals surface area contributed by atoms with Gasteiger partial charge in [0.05, 0.1) is 12.7 Å². The van der Waals surface area contributed by atoms with E-state index in [1.54, 1.807) is 13.8 Å². The highest BCUT2D eigenvalue weighted by Gasteiger charge is 2.21. The third-order valence-electron chi connectivity index (χ3n) is 1.11. The molecule has 1 unspecified atom stereocenters. The van der Waals surface area contributed by atoms with Crippen LogP contribution in [0.4, 0.5) is 0 Å². The van der Waals surface area contributed by atoms with Gasteiger partial charge in [0.25, 0.3) is 0 Å². The summed E-state index contributed by atoms with van der Waals surface area (Å²) in [5, 5.41) is 0. The fraction of sp³-hybridized carbons (Fsp3) is 0.750. The van der Waals surface area contributed by atoms with Gasteiger partial charge in [0, 0.05) is 11.2 Å². The quantitative estimate of drug-likeness (QED) is 0.511. The number of hydrogen-bond acceptors (Lipinski definition) is 3. The van der Waals surface area contributed by atoms with Crippen LogP contribution in [-0.4, -0.2) is 12.7 Å². The summed E-state index contributed by atoms with van der Waals surface area (Å²) in [5.41, 5.74) is 0.959. The van der Waals surface area contributed by atoms with Gasteiger partial charge in [-0.3, -0.25) is 9.05 Å². The molecule has 0 spiro atoms. The smallest absolute Gasteiger partial charge is 0.297 e. The first kappa shape index (κ1) is 13.2. The number of hydrogen-bond donors (Lipinski definition) is 0. The Morgan fingerprint density at radius 1 is 1.62 bits per heavy atom. The standard InChI is InChI=1S/C8H16ClO3P/c1-7(2)5-6-11-13(9,10)12-8(3)4/h8H,1,5-6H2,2-4H3. The Hall–Kier alpha value is 0.180. The molecule has 0 heterocycles. The maximum Gasteiger partial charge on any atom is 0.424 e. The molecule has 0 amide bonds. The van der Waals surface area contributed by atoms with Crippen LogP contribution in [0.5, 0.6) is 0 Å². The van der Waals surface area contributed by atoms with Crippen molar-refractivity contribution in [1.29, 1.82) is 0 Å². The summed E-state index contributed by atoms with van der Waals surface area (Å²) in [4.78, 5) is 0. The Bertz CT molecular complexity index is 215. The van der Waals surface area contributed by atoms with Crippen LogP contribution in [0.3, 0.4) is 0 Å². The van der Waals surface area contributed by atoms with Gasteiger partial charge >= 0.3 is 6.95 Å². The Balaban J connectivity index is 3.76. The van der Waals surface area contributed by atoms with Crippen LogP contribution in [0.2, 0.25) is 0 Å². The summed E-state index contributed by atoms with van der Waals surface area (Å²) < 4.78 is 21.1. The molecule has 5 heteroatoms. The second kappa shape index (κ2) is 5.82. The van der Waals surface area contributed by atoms with Crippen molar-refractivity contribution in [3.05, 3.63) is 12.2 Å². The molecule has 0 rings (SSSR count). The lowest BCUT2D eigenvalue weighted by atomic mass is 10.3. The van der Waals surface area contributed by atoms with Gasteiger partial charge in [-0.05, 0) is 27.2 Å². The molecule has 0 radical (unpaired) electrons. The fourth-order valence-electron chi connectivity index (χ4n) is 0.611. The Morgan fingerprint density at radius 2 is 2.15 bits per heavy atom. The van der Waals surface area contributed by atoms with Crippen molar-refractivity contribution in [2.75, 3.05) is 6.61 Å². The molecular weight excluding hydrogens is 211 g/mol. The van der Waals surface area contributed by atoms with Gasteiger partial charge in [-0.25, -0.2) is 4.57 Å². The molecule has 13 heavy (non-hydrogen) atoms. The van der Waals surface area contributed by atoms with Gasteiger partial charge < -0.3 is 0 Å². The summed E-state index contributed by atoms with van der Waals surface area (Å²) in [6.45, 7) is 5.95. The third-order valence-corrected chi connectivity index (χ3v) is 2.81. The van der Waals surface area contributed by atoms with Crippen LogP contribution in [0.15, 0.2) is 12.2 Å². The zero-order valence-electron chi connectivity index (χ0n) is 8.25. The Kier molecular flexibility index (Phi) is 5.90. The van der Waals surface area contributed by atoms with E-state index in [0.29, 0.717) is 6.42 Å². The second-order valence-electron chi connectivity index (χ2n) is 3.13. The molecule has 0 bridgehead atoms. The minimum absolute atomic E-state index is 0.201. The first-order valence-corrected chi connectivity index (χ1v) is 6.55. The molecule has 0 aliphatic heterocycles. The monoisotopic (exact) mass is 226 g/mol. The lowest BCUT2D eigenvalue weighted by Crippen LogP contribution is -2.00. The summed E-state index contributed by atoms with van der Waals surface area (Å²) in [6.07, 6.45) is 0.436. The van der Waals surface area contributed by atoms with E-state index < -0.39 is 6.95 Å². The van der Waals surface area contributed by atoms with Gasteiger partial charge in [-0.2, -0.15) is 0 Å². The molecule has 0 aromatic carbocycles. The van der Waals surface area contributed by atoms with E-state index >= 15 is 0 Å². The summed E-state index contributed by atoms with van der Waals surface area (Å²) in [6, 6.07) is 0. The first-order valence-electron chi connectivity index (χ1n) is 4.10. The van der Waals surface area contributed by atoms with E-state index in [1.165, 1.54) is 0 Å². The third kappa shape index (κ3) is 8.51. The first-order chi connectivity index (χ1) is 5.83. The maximum atomic E-state index is 11.3. The summed E-state index contributed by atoms with van der Waals surface area (Å²) in [7, 11) is 0. The molecule has 0 N–H and O–H groups in total. The minimum atomic E-state index is -3.37. The SMILES string of the molecule is C=C(C)CCOP(=O)(Cl)OC(C)C. The van der Waals surface area contributed by atoms with Crippen molar-refractivity contribution in [2.24, 2.45) is 0 Å². The average Bonchev–Trinajstić information content (AvgIpc) is 1.81. The van der Waals surface area contributed by atoms with Crippen molar-refractivity contribution in [3.63, 3.8) is 0 Å². The zero-order chi connectivity index (χ0) is 10.5. The average molecular weight is 227 g/mol. The fourth-order valence-corrected chi connectivity index (χ4v) is 2.17. The normalized spacial score (nSPS) is 15.8. The van der Waals surface area contributed by atoms with Crippen molar-refractivity contribution in [1.82, 2.24) is 0 Å². The van der Waals surface area contributed by atoms with Gasteiger partial charge in [0.2, 0.25) is 0 Å². The molecule has 0 fully saturated rings. The van der Waals surface area contributed by atoms with E-state index in [4.69, 9.17) is 20.3 Å². The number of halogens is 1. The van der Waals surface area contributed by atoms with Crippen molar-refractivity contribution in [2.45, 2.75) is 33.3 Å². The van der Waals surface area contributed by atoms with Gasteiger partial charge in [0.15, 0.2) is 0 Å². The van der Waals surface area contributed by atoms with Crippen LogP contribution >= 0.6 is 18.2 Å². The van der Waals surface area contributed by atoms with Crippen LogP contribution in [0.25, 0.3) is 0 Å². The lowest BCUT2D eigenvalue weighted by molar-refractivity contribution is 0.182. The Morgan fingerprint density at radius 3 is 2.54 bits per heavy atom. The van der Waals surface area contributed by atoms with E-state index in [2.05, 4.69) is 6.58 Å². The molecule has 78 valence electrons. The summed E-state index contributed by atoms with van der Waals surface area (Å²) in [5.74, 6) is 0. The van der Waals surface area contributed by atoms with E-state index in [0.717, 1.165) is 5.57 Å². The molecule has 0 aliphatic carbocycles. The van der Waals surface area contributed by atoms with Crippen molar-refractivity contribution in [3.8, 4) is 0 Å². The highest BCUT2D eigenvalue weighted by atomic mass is 35.7. The zero-order valence-corrected chi connectivity index (χ0v) is 9.90. The lowest BCUT2D eigenvalue weighted by Gasteiger charge is -2.13. The van der Waals surface area contributed by atoms with E-state index in [9.17, 15) is 4.57 Å². The molecule has 0 saturated carbocycles. The largest absolute Gasteiger partial charge is 0.424 e. The van der Waals surface area contributed by atoms with Crippen molar-refractivity contribution >= 4 is 18.2 Å². The minimum Gasteiger partial charge on any atom is -0.297 e. The van der Waals surface area contributed by atoms with Gasteiger partial charge in [0.1, 0.15) is 0 Å². The van der Waals surface area contributed by atoms with E-state index in [1.807, 2.05) is 6.92 Å². The van der Waals surface area contributed by atoms with Gasteiger partial charge in [-0.1, -0.05) is 5.57 Å². The molecular formula is C8H16ClO3P. The summed E-state index contributed by atoms with van der Waals surface area (Å²) >= 11 is 5.50. The second-order valence-corrected chi connectivity index (χ2v) is 5.70. The molecule has 0 saturated heterocycles. The molecule has 1 atom stereocenters. The van der Waals surface area contributed by atoms with E-state index in [-0.39, 0.29) is 12.7 Å².